The van der Waals surface area contributed by atoms with Crippen LogP contribution in [0.5, 0.6) is 0 Å². The molecular weight excluding hydrogens is 224 g/mol. The van der Waals surface area contributed by atoms with E-state index in [9.17, 15) is 9.59 Å². The summed E-state index contributed by atoms with van der Waals surface area (Å²) in [6.45, 7) is 9.82. The number of hydrogen-bond acceptors (Lipinski definition) is 2. The van der Waals surface area contributed by atoms with E-state index >= 15 is 0 Å². The van der Waals surface area contributed by atoms with Crippen LogP contribution >= 0.6 is 0 Å². The average Bonchev–Trinajstić information content (AvgIpc) is 2.62. The Bertz CT molecular complexity index is 423. The number of carbonyl (C=O) groups excluding carboxylic acids is 2. The third-order valence-corrected chi connectivity index (χ3v) is 3.77. The van der Waals surface area contributed by atoms with Crippen molar-refractivity contribution in [2.75, 3.05) is 0 Å². The van der Waals surface area contributed by atoms with Gasteiger partial charge >= 0.3 is 0 Å². The van der Waals surface area contributed by atoms with Gasteiger partial charge in [0.1, 0.15) is 0 Å². The van der Waals surface area contributed by atoms with E-state index in [0.717, 1.165) is 0 Å². The van der Waals surface area contributed by atoms with Crippen LogP contribution in [0.25, 0.3) is 0 Å². The van der Waals surface area contributed by atoms with Crippen LogP contribution in [0.15, 0.2) is 24.3 Å². The number of carbonyl (C=O) groups is 2. The molecule has 0 saturated carbocycles. The van der Waals surface area contributed by atoms with Gasteiger partial charge in [-0.1, -0.05) is 58.9 Å². The fourth-order valence-corrected chi connectivity index (χ4v) is 2.72. The minimum Gasteiger partial charge on any atom is -0.293 e. The summed E-state index contributed by atoms with van der Waals surface area (Å²) < 4.78 is 0. The van der Waals surface area contributed by atoms with Crippen molar-refractivity contribution < 1.29 is 9.59 Å². The first-order valence-corrected chi connectivity index (χ1v) is 6.74. The molecule has 0 N–H and O–H groups in total. The number of Topliss-reactive ketones (excluding diaryl/α,β-unsaturated/α-hetero) is 2. The molecule has 1 aliphatic carbocycles. The van der Waals surface area contributed by atoms with Crippen molar-refractivity contribution in [3.05, 3.63) is 35.4 Å². The second kappa shape index (κ2) is 5.47. The van der Waals surface area contributed by atoms with E-state index in [2.05, 4.69) is 0 Å². The van der Waals surface area contributed by atoms with E-state index < -0.39 is 5.41 Å². The van der Waals surface area contributed by atoms with Gasteiger partial charge in [-0.2, -0.15) is 0 Å². The van der Waals surface area contributed by atoms with Gasteiger partial charge < -0.3 is 0 Å². The Hall–Kier alpha value is -1.44. The lowest BCUT2D eigenvalue weighted by atomic mass is 9.71. The molecule has 0 bridgehead atoms. The molecule has 0 aromatic heterocycles. The first kappa shape index (κ1) is 14.6. The highest BCUT2D eigenvalue weighted by Gasteiger charge is 2.53. The minimum absolute atomic E-state index is 0.00519. The summed E-state index contributed by atoms with van der Waals surface area (Å²) in [7, 11) is 0. The predicted molar refractivity (Wildman–Crippen MR) is 74.0 cm³/mol. The molecule has 2 heteroatoms. The molecule has 2 nitrogen and oxygen atoms in total. The molecule has 1 aromatic carbocycles. The Morgan fingerprint density at radius 3 is 1.67 bits per heavy atom. The Morgan fingerprint density at radius 1 is 1.00 bits per heavy atom. The van der Waals surface area contributed by atoms with Gasteiger partial charge in [0, 0.05) is 11.1 Å². The molecule has 0 heterocycles. The fourth-order valence-electron chi connectivity index (χ4n) is 2.72. The van der Waals surface area contributed by atoms with Gasteiger partial charge in [0.25, 0.3) is 0 Å². The van der Waals surface area contributed by atoms with Gasteiger partial charge in [0.05, 0.1) is 5.41 Å². The monoisotopic (exact) mass is 246 g/mol. The van der Waals surface area contributed by atoms with Crippen molar-refractivity contribution in [2.45, 2.75) is 41.0 Å². The molecule has 0 amide bonds. The second-order valence-electron chi connectivity index (χ2n) is 4.68. The van der Waals surface area contributed by atoms with Crippen LogP contribution in [0.4, 0.5) is 0 Å². The number of hydrogen-bond donors (Lipinski definition) is 0. The van der Waals surface area contributed by atoms with Crippen molar-refractivity contribution in [1.82, 2.24) is 0 Å². The summed E-state index contributed by atoms with van der Waals surface area (Å²) in [5, 5.41) is 0. The van der Waals surface area contributed by atoms with Crippen molar-refractivity contribution in [3.8, 4) is 0 Å². The number of ketones is 2. The Labute approximate surface area is 109 Å². The smallest absolute Gasteiger partial charge is 0.177 e. The van der Waals surface area contributed by atoms with E-state index in [-0.39, 0.29) is 17.5 Å². The molecule has 0 fully saturated rings. The van der Waals surface area contributed by atoms with E-state index in [1.54, 1.807) is 12.1 Å². The van der Waals surface area contributed by atoms with Gasteiger partial charge in [-0.15, -0.1) is 0 Å². The maximum atomic E-state index is 12.4. The van der Waals surface area contributed by atoms with Crippen LogP contribution in [0.2, 0.25) is 0 Å². The highest BCUT2D eigenvalue weighted by Crippen LogP contribution is 2.44. The molecule has 98 valence electrons. The van der Waals surface area contributed by atoms with Crippen molar-refractivity contribution in [1.29, 1.82) is 0 Å². The van der Waals surface area contributed by atoms with Crippen LogP contribution in [-0.4, -0.2) is 11.6 Å². The largest absolute Gasteiger partial charge is 0.293 e. The van der Waals surface area contributed by atoms with E-state index in [0.29, 0.717) is 17.5 Å². The Balaban J connectivity index is 0.000000771. The molecule has 2 rings (SSSR count). The minimum atomic E-state index is -0.816. The van der Waals surface area contributed by atoms with E-state index in [4.69, 9.17) is 0 Å². The van der Waals surface area contributed by atoms with Crippen LogP contribution in [0.1, 0.15) is 61.8 Å². The summed E-state index contributed by atoms with van der Waals surface area (Å²) in [6, 6.07) is 7.15. The maximum absolute atomic E-state index is 12.4. The van der Waals surface area contributed by atoms with Crippen LogP contribution in [0, 0.1) is 11.3 Å². The quantitative estimate of drug-likeness (QED) is 0.735. The second-order valence-corrected chi connectivity index (χ2v) is 4.68. The lowest BCUT2D eigenvalue weighted by Crippen LogP contribution is -2.38. The molecule has 1 aromatic rings. The molecule has 0 saturated heterocycles. The number of rotatable bonds is 2. The van der Waals surface area contributed by atoms with Crippen LogP contribution < -0.4 is 0 Å². The topological polar surface area (TPSA) is 34.1 Å². The predicted octanol–water partition coefficient (Wildman–Crippen LogP) is 4.14. The van der Waals surface area contributed by atoms with E-state index in [1.165, 1.54) is 0 Å². The summed E-state index contributed by atoms with van der Waals surface area (Å²) in [6.07, 6.45) is 0.580. The van der Waals surface area contributed by atoms with Gasteiger partial charge in [-0.05, 0) is 12.3 Å². The van der Waals surface area contributed by atoms with Gasteiger partial charge in [-0.3, -0.25) is 9.59 Å². The highest BCUT2D eigenvalue weighted by atomic mass is 16.2. The standard InChI is InChI=1S/C14H16O2.C2H6/c1-4-14(9(2)3)12(15)10-7-5-6-8-11(10)13(14)16;1-2/h5-9H,4H2,1-3H3;1-2H3. The van der Waals surface area contributed by atoms with Crippen molar-refractivity contribution in [2.24, 2.45) is 11.3 Å². The molecular formula is C16H22O2. The average molecular weight is 246 g/mol. The maximum Gasteiger partial charge on any atom is 0.177 e. The van der Waals surface area contributed by atoms with Crippen molar-refractivity contribution in [3.63, 3.8) is 0 Å². The summed E-state index contributed by atoms with van der Waals surface area (Å²) in [5.74, 6) is 0.0566. The zero-order valence-electron chi connectivity index (χ0n) is 11.9. The molecule has 1 aliphatic rings. The first-order valence-electron chi connectivity index (χ1n) is 6.74. The summed E-state index contributed by atoms with van der Waals surface area (Å²) >= 11 is 0. The highest BCUT2D eigenvalue weighted by molar-refractivity contribution is 6.29. The molecule has 0 atom stereocenters. The zero-order chi connectivity index (χ0) is 13.9. The first-order chi connectivity index (χ1) is 8.55. The van der Waals surface area contributed by atoms with Crippen molar-refractivity contribution >= 4 is 11.6 Å². The van der Waals surface area contributed by atoms with Gasteiger partial charge in [0.15, 0.2) is 11.6 Å². The molecule has 18 heavy (non-hydrogen) atoms. The zero-order valence-corrected chi connectivity index (χ0v) is 11.9. The Morgan fingerprint density at radius 2 is 1.39 bits per heavy atom. The lowest BCUT2D eigenvalue weighted by molar-refractivity contribution is 0.0607. The third-order valence-electron chi connectivity index (χ3n) is 3.77. The number of benzene rings is 1. The molecule has 0 unspecified atom stereocenters. The molecule has 0 radical (unpaired) electrons. The summed E-state index contributed by atoms with van der Waals surface area (Å²) in [5.41, 5.74) is 0.384. The molecule has 0 aliphatic heterocycles. The summed E-state index contributed by atoms with van der Waals surface area (Å²) in [4.78, 5) is 24.8. The van der Waals surface area contributed by atoms with Crippen LogP contribution in [-0.2, 0) is 0 Å². The SMILES string of the molecule is CC.CCC1(C(C)C)C(=O)c2ccccc2C1=O. The Kier molecular flexibility index (Phi) is 4.44. The normalized spacial score (nSPS) is 16.3. The molecule has 0 spiro atoms. The van der Waals surface area contributed by atoms with Gasteiger partial charge in [-0.25, -0.2) is 0 Å². The lowest BCUT2D eigenvalue weighted by Gasteiger charge is -2.28. The van der Waals surface area contributed by atoms with Gasteiger partial charge in [0.2, 0.25) is 0 Å². The number of fused-ring (bicyclic) bond motifs is 1. The fraction of sp³-hybridized carbons (Fsp3) is 0.500. The van der Waals surface area contributed by atoms with E-state index in [1.807, 2.05) is 46.8 Å². The third kappa shape index (κ3) is 1.80. The van der Waals surface area contributed by atoms with Crippen LogP contribution in [0.3, 0.4) is 0 Å².